The molecular formula is C18H12FIOS. The Balaban J connectivity index is 1.95. The number of thiophene rings is 1. The van der Waals surface area contributed by atoms with Crippen molar-refractivity contribution < 1.29 is 9.18 Å². The average molecular weight is 422 g/mol. The molecule has 0 saturated heterocycles. The van der Waals surface area contributed by atoms with Gasteiger partial charge in [-0.25, -0.2) is 4.39 Å². The van der Waals surface area contributed by atoms with Gasteiger partial charge >= 0.3 is 0 Å². The molecule has 0 aliphatic heterocycles. The van der Waals surface area contributed by atoms with Crippen LogP contribution in [-0.2, 0) is 0 Å². The Hall–Kier alpha value is -1.53. The summed E-state index contributed by atoms with van der Waals surface area (Å²) in [5.74, 6) is -0.222. The van der Waals surface area contributed by atoms with Gasteiger partial charge in [0.25, 0.3) is 0 Å². The molecule has 3 rings (SSSR count). The van der Waals surface area contributed by atoms with E-state index in [4.69, 9.17) is 0 Å². The van der Waals surface area contributed by atoms with Crippen molar-refractivity contribution in [3.8, 4) is 10.4 Å². The number of carbonyl (C=O) groups is 1. The molecular weight excluding hydrogens is 410 g/mol. The van der Waals surface area contributed by atoms with Crippen LogP contribution in [0.4, 0.5) is 4.39 Å². The zero-order valence-electron chi connectivity index (χ0n) is 11.8. The first-order valence-electron chi connectivity index (χ1n) is 6.72. The lowest BCUT2D eigenvalue weighted by Gasteiger charge is -2.05. The monoisotopic (exact) mass is 422 g/mol. The second-order valence-corrected chi connectivity index (χ2v) is 7.16. The summed E-state index contributed by atoms with van der Waals surface area (Å²) in [5, 5.41) is 0. The Bertz CT molecular complexity index is 837. The standard InChI is InChI=1S/C18H12FIOS/c1-11-14(3-2-4-15(11)20)18(21)17-10-9-16(22-17)12-5-7-13(19)8-6-12/h2-10H,1H3. The average Bonchev–Trinajstić information content (AvgIpc) is 3.00. The Morgan fingerprint density at radius 3 is 2.50 bits per heavy atom. The van der Waals surface area contributed by atoms with E-state index in [0.717, 1.165) is 25.1 Å². The topological polar surface area (TPSA) is 17.1 Å². The summed E-state index contributed by atoms with van der Waals surface area (Å²) in [6.45, 7) is 1.96. The van der Waals surface area contributed by atoms with E-state index in [1.807, 2.05) is 37.3 Å². The van der Waals surface area contributed by atoms with E-state index in [9.17, 15) is 9.18 Å². The van der Waals surface area contributed by atoms with Gasteiger partial charge in [0, 0.05) is 14.0 Å². The lowest BCUT2D eigenvalue weighted by Crippen LogP contribution is -2.02. The molecule has 0 amide bonds. The second-order valence-electron chi connectivity index (χ2n) is 4.91. The predicted molar refractivity (Wildman–Crippen MR) is 97.0 cm³/mol. The first-order valence-corrected chi connectivity index (χ1v) is 8.61. The van der Waals surface area contributed by atoms with Gasteiger partial charge in [-0.1, -0.05) is 24.3 Å². The van der Waals surface area contributed by atoms with Crippen LogP contribution >= 0.6 is 33.9 Å². The summed E-state index contributed by atoms with van der Waals surface area (Å²) in [6.07, 6.45) is 0. The summed E-state index contributed by atoms with van der Waals surface area (Å²) in [6, 6.07) is 15.8. The van der Waals surface area contributed by atoms with E-state index in [1.54, 1.807) is 12.1 Å². The highest BCUT2D eigenvalue weighted by atomic mass is 127. The maximum Gasteiger partial charge on any atom is 0.203 e. The molecule has 0 spiro atoms. The van der Waals surface area contributed by atoms with Gasteiger partial charge in [0.15, 0.2) is 0 Å². The minimum absolute atomic E-state index is 0.0365. The van der Waals surface area contributed by atoms with Crippen LogP contribution in [0.2, 0.25) is 0 Å². The number of ketones is 1. The van der Waals surface area contributed by atoms with Crippen LogP contribution < -0.4 is 0 Å². The minimum atomic E-state index is -0.258. The first kappa shape index (κ1) is 15.4. The van der Waals surface area contributed by atoms with Crippen molar-refractivity contribution in [3.05, 3.63) is 80.0 Å². The van der Waals surface area contributed by atoms with Crippen molar-refractivity contribution in [2.75, 3.05) is 0 Å². The Kier molecular flexibility index (Phi) is 4.40. The summed E-state index contributed by atoms with van der Waals surface area (Å²) in [7, 11) is 0. The van der Waals surface area contributed by atoms with Crippen LogP contribution in [0.15, 0.2) is 54.6 Å². The molecule has 0 bridgehead atoms. The largest absolute Gasteiger partial charge is 0.288 e. The minimum Gasteiger partial charge on any atom is -0.288 e. The normalized spacial score (nSPS) is 10.7. The molecule has 0 radical (unpaired) electrons. The van der Waals surface area contributed by atoms with Gasteiger partial charge in [-0.15, -0.1) is 11.3 Å². The maximum atomic E-state index is 13.0. The molecule has 3 aromatic rings. The quantitative estimate of drug-likeness (QED) is 0.391. The number of hydrogen-bond acceptors (Lipinski definition) is 2. The van der Waals surface area contributed by atoms with E-state index >= 15 is 0 Å². The molecule has 1 aromatic heterocycles. The van der Waals surface area contributed by atoms with Crippen LogP contribution in [0.5, 0.6) is 0 Å². The van der Waals surface area contributed by atoms with Gasteiger partial charge in [-0.05, 0) is 71.0 Å². The van der Waals surface area contributed by atoms with E-state index in [2.05, 4.69) is 22.6 Å². The highest BCUT2D eigenvalue weighted by Gasteiger charge is 2.15. The lowest BCUT2D eigenvalue weighted by molar-refractivity contribution is 0.104. The van der Waals surface area contributed by atoms with Gasteiger partial charge < -0.3 is 0 Å². The summed E-state index contributed by atoms with van der Waals surface area (Å²) < 4.78 is 14.1. The maximum absolute atomic E-state index is 13.0. The van der Waals surface area contributed by atoms with Crippen molar-refractivity contribution in [2.24, 2.45) is 0 Å². The van der Waals surface area contributed by atoms with Crippen LogP contribution in [0, 0.1) is 16.3 Å². The summed E-state index contributed by atoms with van der Waals surface area (Å²) >= 11 is 3.67. The van der Waals surface area contributed by atoms with Crippen molar-refractivity contribution in [2.45, 2.75) is 6.92 Å². The molecule has 0 N–H and O–H groups in total. The molecule has 0 aliphatic carbocycles. The highest BCUT2D eigenvalue weighted by Crippen LogP contribution is 2.30. The molecule has 1 nitrogen and oxygen atoms in total. The Morgan fingerprint density at radius 2 is 1.77 bits per heavy atom. The lowest BCUT2D eigenvalue weighted by atomic mass is 10.0. The van der Waals surface area contributed by atoms with Gasteiger partial charge in [0.1, 0.15) is 5.82 Å². The van der Waals surface area contributed by atoms with Gasteiger partial charge in [-0.2, -0.15) is 0 Å². The van der Waals surface area contributed by atoms with Gasteiger partial charge in [-0.3, -0.25) is 4.79 Å². The predicted octanol–water partition coefficient (Wildman–Crippen LogP) is 5.70. The van der Waals surface area contributed by atoms with E-state index < -0.39 is 0 Å². The fraction of sp³-hybridized carbons (Fsp3) is 0.0556. The molecule has 2 aromatic carbocycles. The molecule has 0 atom stereocenters. The number of halogens is 2. The van der Waals surface area contributed by atoms with E-state index in [-0.39, 0.29) is 11.6 Å². The third-order valence-corrected chi connectivity index (χ3v) is 5.77. The van der Waals surface area contributed by atoms with Crippen molar-refractivity contribution >= 4 is 39.7 Å². The summed E-state index contributed by atoms with van der Waals surface area (Å²) in [5.41, 5.74) is 2.66. The fourth-order valence-corrected chi connectivity index (χ4v) is 3.68. The molecule has 0 saturated carbocycles. The summed E-state index contributed by atoms with van der Waals surface area (Å²) in [4.78, 5) is 14.3. The number of carbonyl (C=O) groups excluding carboxylic acids is 1. The highest BCUT2D eigenvalue weighted by molar-refractivity contribution is 14.1. The van der Waals surface area contributed by atoms with Crippen molar-refractivity contribution in [1.82, 2.24) is 0 Å². The molecule has 0 fully saturated rings. The number of rotatable bonds is 3. The SMILES string of the molecule is Cc1c(I)cccc1C(=O)c1ccc(-c2ccc(F)cc2)s1. The molecule has 22 heavy (non-hydrogen) atoms. The fourth-order valence-electron chi connectivity index (χ4n) is 2.22. The van der Waals surface area contributed by atoms with Crippen molar-refractivity contribution in [3.63, 3.8) is 0 Å². The van der Waals surface area contributed by atoms with Crippen LogP contribution in [0.3, 0.4) is 0 Å². The van der Waals surface area contributed by atoms with E-state index in [1.165, 1.54) is 23.5 Å². The molecule has 1 heterocycles. The Labute approximate surface area is 146 Å². The molecule has 110 valence electrons. The van der Waals surface area contributed by atoms with Crippen LogP contribution in [-0.4, -0.2) is 5.78 Å². The first-order chi connectivity index (χ1) is 10.6. The second kappa shape index (κ2) is 6.30. The smallest absolute Gasteiger partial charge is 0.203 e. The molecule has 4 heteroatoms. The molecule has 0 aliphatic rings. The zero-order valence-corrected chi connectivity index (χ0v) is 14.7. The third-order valence-electron chi connectivity index (χ3n) is 3.47. The van der Waals surface area contributed by atoms with Crippen LogP contribution in [0.1, 0.15) is 20.8 Å². The molecule has 0 unspecified atom stereocenters. The van der Waals surface area contributed by atoms with Gasteiger partial charge in [0.05, 0.1) is 4.88 Å². The number of hydrogen-bond donors (Lipinski definition) is 0. The van der Waals surface area contributed by atoms with Gasteiger partial charge in [0.2, 0.25) is 5.78 Å². The Morgan fingerprint density at radius 1 is 1.05 bits per heavy atom. The number of benzene rings is 2. The van der Waals surface area contributed by atoms with E-state index in [0.29, 0.717) is 4.88 Å². The van der Waals surface area contributed by atoms with Crippen molar-refractivity contribution in [1.29, 1.82) is 0 Å². The zero-order chi connectivity index (χ0) is 15.7. The van der Waals surface area contributed by atoms with Crippen LogP contribution in [0.25, 0.3) is 10.4 Å². The third kappa shape index (κ3) is 2.98.